The van der Waals surface area contributed by atoms with E-state index in [0.29, 0.717) is 35.1 Å². The van der Waals surface area contributed by atoms with Crippen LogP contribution in [-0.4, -0.2) is 37.2 Å². The molecule has 8 nitrogen and oxygen atoms in total. The van der Waals surface area contributed by atoms with E-state index in [-0.39, 0.29) is 17.6 Å². The van der Waals surface area contributed by atoms with Gasteiger partial charge in [0.1, 0.15) is 0 Å². The van der Waals surface area contributed by atoms with E-state index in [9.17, 15) is 10.1 Å². The van der Waals surface area contributed by atoms with Crippen molar-refractivity contribution in [1.82, 2.24) is 20.4 Å². The number of nitrogens with zero attached hydrogens (tertiary/aromatic N) is 4. The maximum Gasteiger partial charge on any atom is 0.270 e. The maximum absolute atomic E-state index is 11.0. The highest BCUT2D eigenvalue weighted by molar-refractivity contribution is 7.80. The number of nitro benzene ring substituents is 1. The van der Waals surface area contributed by atoms with Crippen LogP contribution in [0.1, 0.15) is 52.3 Å². The fourth-order valence-electron chi connectivity index (χ4n) is 3.59. The molecular weight excluding hydrogens is 390 g/mol. The van der Waals surface area contributed by atoms with Gasteiger partial charge in [0.05, 0.1) is 11.5 Å². The van der Waals surface area contributed by atoms with Crippen LogP contribution in [0.2, 0.25) is 0 Å². The third-order valence-corrected chi connectivity index (χ3v) is 5.73. The third-order valence-electron chi connectivity index (χ3n) is 5.38. The van der Waals surface area contributed by atoms with Crippen molar-refractivity contribution in [3.8, 4) is 11.5 Å². The second-order valence-corrected chi connectivity index (χ2v) is 8.23. The zero-order valence-electron chi connectivity index (χ0n) is 17.0. The average molecular weight is 418 g/mol. The molecule has 0 amide bonds. The summed E-state index contributed by atoms with van der Waals surface area (Å²) >= 11 is 5.68. The topological polar surface area (TPSA) is 97.3 Å². The van der Waals surface area contributed by atoms with Crippen molar-refractivity contribution in [1.29, 1.82) is 0 Å². The molecule has 29 heavy (non-hydrogen) atoms. The van der Waals surface area contributed by atoms with E-state index in [1.165, 1.54) is 31.4 Å². The standard InChI is InChI=1S/C20H27N5O3S/c1-13(2)24(20(29)21-17-10-5-4-7-14(17)3)12-18-22-23-19(28-18)15-8-6-9-16(11-15)25(26)27/h6,8-9,11,13-14,17H,4-5,7,10,12H2,1-3H3,(H,21,29)/t14-,17-/m1/s1. The van der Waals surface area contributed by atoms with E-state index in [1.54, 1.807) is 12.1 Å². The summed E-state index contributed by atoms with van der Waals surface area (Å²) in [6, 6.07) is 6.71. The molecule has 1 aliphatic carbocycles. The molecule has 1 fully saturated rings. The predicted octanol–water partition coefficient (Wildman–Crippen LogP) is 4.31. The molecule has 1 aliphatic rings. The van der Waals surface area contributed by atoms with Gasteiger partial charge in [-0.1, -0.05) is 25.8 Å². The van der Waals surface area contributed by atoms with Gasteiger partial charge >= 0.3 is 0 Å². The molecule has 0 saturated heterocycles. The van der Waals surface area contributed by atoms with Gasteiger partial charge in [0.15, 0.2) is 5.11 Å². The van der Waals surface area contributed by atoms with Gasteiger partial charge in [-0.2, -0.15) is 0 Å². The van der Waals surface area contributed by atoms with Crippen LogP contribution in [0.3, 0.4) is 0 Å². The van der Waals surface area contributed by atoms with Gasteiger partial charge in [-0.25, -0.2) is 0 Å². The molecule has 0 aliphatic heterocycles. The normalized spacial score (nSPS) is 19.2. The van der Waals surface area contributed by atoms with Crippen molar-refractivity contribution in [3.63, 3.8) is 0 Å². The number of aromatic nitrogens is 2. The summed E-state index contributed by atoms with van der Waals surface area (Å²) in [5.41, 5.74) is 0.504. The Bertz CT molecular complexity index is 869. The third kappa shape index (κ3) is 5.29. The van der Waals surface area contributed by atoms with Gasteiger partial charge in [0.2, 0.25) is 11.8 Å². The number of rotatable bonds is 6. The lowest BCUT2D eigenvalue weighted by Crippen LogP contribution is -2.49. The first-order valence-electron chi connectivity index (χ1n) is 9.99. The van der Waals surface area contributed by atoms with Gasteiger partial charge in [0.25, 0.3) is 5.69 Å². The van der Waals surface area contributed by atoms with Gasteiger partial charge in [-0.05, 0) is 50.9 Å². The number of nitrogens with one attached hydrogen (secondary N) is 1. The minimum absolute atomic E-state index is 0.0157. The zero-order chi connectivity index (χ0) is 21.0. The Hall–Kier alpha value is -2.55. The van der Waals surface area contributed by atoms with Gasteiger partial charge in [0, 0.05) is 29.8 Å². The Kier molecular flexibility index (Phi) is 6.79. The Morgan fingerprint density at radius 2 is 2.14 bits per heavy atom. The fraction of sp³-hybridized carbons (Fsp3) is 0.550. The first-order chi connectivity index (χ1) is 13.8. The molecule has 2 aromatic rings. The van der Waals surface area contributed by atoms with E-state index < -0.39 is 4.92 Å². The smallest absolute Gasteiger partial charge is 0.270 e. The highest BCUT2D eigenvalue weighted by Gasteiger charge is 2.25. The van der Waals surface area contributed by atoms with E-state index in [4.69, 9.17) is 16.6 Å². The first-order valence-corrected chi connectivity index (χ1v) is 10.4. The van der Waals surface area contributed by atoms with Gasteiger partial charge < -0.3 is 14.6 Å². The monoisotopic (exact) mass is 417 g/mol. The number of hydrogen-bond donors (Lipinski definition) is 1. The highest BCUT2D eigenvalue weighted by Crippen LogP contribution is 2.25. The van der Waals surface area contributed by atoms with Crippen molar-refractivity contribution in [2.24, 2.45) is 5.92 Å². The molecule has 1 aromatic carbocycles. The summed E-state index contributed by atoms with van der Waals surface area (Å²) in [6.07, 6.45) is 4.86. The summed E-state index contributed by atoms with van der Waals surface area (Å²) in [7, 11) is 0. The molecule has 3 rings (SSSR count). The van der Waals surface area contributed by atoms with Crippen LogP contribution in [0.4, 0.5) is 5.69 Å². The quantitative estimate of drug-likeness (QED) is 0.422. The number of non-ortho nitro benzene ring substituents is 1. The molecule has 2 atom stereocenters. The van der Waals surface area contributed by atoms with Crippen molar-refractivity contribution in [2.45, 2.75) is 65.1 Å². The minimum atomic E-state index is -0.447. The first kappa shape index (κ1) is 21.2. The molecule has 0 bridgehead atoms. The second kappa shape index (κ2) is 9.30. The van der Waals surface area contributed by atoms with E-state index >= 15 is 0 Å². The summed E-state index contributed by atoms with van der Waals surface area (Å²) in [6.45, 7) is 6.78. The van der Waals surface area contributed by atoms with Gasteiger partial charge in [-0.3, -0.25) is 10.1 Å². The average Bonchev–Trinajstić information content (AvgIpc) is 3.16. The van der Waals surface area contributed by atoms with Crippen LogP contribution in [-0.2, 0) is 6.54 Å². The molecule has 0 spiro atoms. The number of nitro groups is 1. The fourth-order valence-corrected chi connectivity index (χ4v) is 4.02. The van der Waals surface area contributed by atoms with E-state index in [2.05, 4.69) is 36.3 Å². The van der Waals surface area contributed by atoms with Crippen LogP contribution >= 0.6 is 12.2 Å². The lowest BCUT2D eigenvalue weighted by Gasteiger charge is -2.35. The maximum atomic E-state index is 11.0. The van der Waals surface area contributed by atoms with Crippen molar-refractivity contribution >= 4 is 23.0 Å². The van der Waals surface area contributed by atoms with Crippen molar-refractivity contribution in [2.75, 3.05) is 0 Å². The van der Waals surface area contributed by atoms with Crippen LogP contribution in [0.15, 0.2) is 28.7 Å². The Labute approximate surface area is 175 Å². The Balaban J connectivity index is 1.70. The zero-order valence-corrected chi connectivity index (χ0v) is 17.8. The molecule has 1 aromatic heterocycles. The largest absolute Gasteiger partial charge is 0.419 e. The van der Waals surface area contributed by atoms with Crippen LogP contribution in [0, 0.1) is 16.0 Å². The summed E-state index contributed by atoms with van der Waals surface area (Å²) in [5, 5.41) is 23.4. The molecule has 1 N–H and O–H groups in total. The molecule has 1 saturated carbocycles. The van der Waals surface area contributed by atoms with Crippen molar-refractivity contribution < 1.29 is 9.34 Å². The number of thiocarbonyl (C=S) groups is 1. The summed E-state index contributed by atoms with van der Waals surface area (Å²) in [5.74, 6) is 1.27. The van der Waals surface area contributed by atoms with Crippen LogP contribution in [0.5, 0.6) is 0 Å². The minimum Gasteiger partial charge on any atom is -0.419 e. The van der Waals surface area contributed by atoms with Crippen LogP contribution in [0.25, 0.3) is 11.5 Å². The summed E-state index contributed by atoms with van der Waals surface area (Å²) in [4.78, 5) is 12.6. The molecule has 1 heterocycles. The lowest BCUT2D eigenvalue weighted by atomic mass is 9.86. The Morgan fingerprint density at radius 1 is 1.38 bits per heavy atom. The molecule has 9 heteroatoms. The summed E-state index contributed by atoms with van der Waals surface area (Å²) < 4.78 is 5.77. The molecule has 0 unspecified atom stereocenters. The number of hydrogen-bond acceptors (Lipinski definition) is 6. The Morgan fingerprint density at radius 3 is 2.83 bits per heavy atom. The second-order valence-electron chi connectivity index (χ2n) is 7.85. The molecular formula is C20H27N5O3S. The molecule has 156 valence electrons. The SMILES string of the molecule is CC(C)N(Cc1nnc(-c2cccc([N+](=O)[O-])c2)o1)C(=S)N[C@@H]1CCCC[C@H]1C. The van der Waals surface area contributed by atoms with E-state index in [0.717, 1.165) is 6.42 Å². The van der Waals surface area contributed by atoms with Gasteiger partial charge in [-0.15, -0.1) is 10.2 Å². The number of benzene rings is 1. The van der Waals surface area contributed by atoms with Crippen LogP contribution < -0.4 is 5.32 Å². The van der Waals surface area contributed by atoms with Crippen molar-refractivity contribution in [3.05, 3.63) is 40.3 Å². The van der Waals surface area contributed by atoms with E-state index in [1.807, 2.05) is 4.90 Å². The predicted molar refractivity (Wildman–Crippen MR) is 114 cm³/mol. The highest BCUT2D eigenvalue weighted by atomic mass is 32.1. The lowest BCUT2D eigenvalue weighted by molar-refractivity contribution is -0.384. The molecule has 0 radical (unpaired) electrons.